The van der Waals surface area contributed by atoms with Gasteiger partial charge in [-0.1, -0.05) is 86.6 Å². The Morgan fingerprint density at radius 1 is 0.578 bits per heavy atom. The van der Waals surface area contributed by atoms with Gasteiger partial charge in [-0.05, 0) is 90.8 Å². The van der Waals surface area contributed by atoms with Gasteiger partial charge in [-0.2, -0.15) is 0 Å². The molecule has 0 bridgehead atoms. The second-order valence-corrected chi connectivity index (χ2v) is 13.7. The maximum absolute atomic E-state index is 13.4. The fourth-order valence-corrected chi connectivity index (χ4v) is 7.59. The van der Waals surface area contributed by atoms with Gasteiger partial charge in [0.1, 0.15) is 0 Å². The largest absolute Gasteiger partial charge is 0.310 e. The van der Waals surface area contributed by atoms with E-state index < -0.39 is 9.84 Å². The lowest BCUT2D eigenvalue weighted by Crippen LogP contribution is -2.31. The van der Waals surface area contributed by atoms with Crippen molar-refractivity contribution in [2.24, 2.45) is 0 Å². The molecule has 2 heterocycles. The van der Waals surface area contributed by atoms with Crippen LogP contribution in [0, 0.1) is 6.92 Å². The molecular weight excluding hydrogens is 575 g/mol. The maximum Gasteiger partial charge on any atom is 0.223 e. The van der Waals surface area contributed by atoms with E-state index in [1.807, 2.05) is 31.2 Å². The number of nitrogens with zero attached hydrogens (tertiary/aromatic N) is 3. The molecule has 7 rings (SSSR count). The summed E-state index contributed by atoms with van der Waals surface area (Å²) in [6.45, 7) is 6.41. The van der Waals surface area contributed by atoms with Crippen molar-refractivity contribution in [3.05, 3.63) is 162 Å². The number of aryl methyl sites for hydroxylation is 1. The van der Waals surface area contributed by atoms with Crippen molar-refractivity contribution in [3.8, 4) is 0 Å². The third-order valence-corrected chi connectivity index (χ3v) is 10.3. The first-order chi connectivity index (χ1) is 21.8. The van der Waals surface area contributed by atoms with E-state index in [0.717, 1.165) is 39.7 Å². The Kier molecular flexibility index (Phi) is 7.02. The van der Waals surface area contributed by atoms with E-state index in [2.05, 4.69) is 114 Å². The first kappa shape index (κ1) is 28.6. The molecule has 6 heteroatoms. The highest BCUT2D eigenvalue weighted by molar-refractivity contribution is 7.91. The number of para-hydroxylation sites is 3. The van der Waals surface area contributed by atoms with Crippen LogP contribution in [0.5, 0.6) is 0 Å². The quantitative estimate of drug-likeness (QED) is 0.189. The van der Waals surface area contributed by atoms with Crippen LogP contribution in [0.4, 0.5) is 34.1 Å². The van der Waals surface area contributed by atoms with Gasteiger partial charge in [-0.15, -0.1) is 0 Å². The zero-order chi connectivity index (χ0) is 31.2. The van der Waals surface area contributed by atoms with E-state index in [0.29, 0.717) is 5.69 Å². The molecule has 0 fully saturated rings. The third kappa shape index (κ3) is 4.88. The molecule has 0 aliphatic carbocycles. The third-order valence-electron chi connectivity index (χ3n) is 8.60. The second-order valence-electron chi connectivity index (χ2n) is 11.8. The number of sulfone groups is 1. The molecule has 0 spiro atoms. The number of hydrogen-bond acceptors (Lipinski definition) is 5. The van der Waals surface area contributed by atoms with E-state index in [9.17, 15) is 8.42 Å². The standard InChI is InChI=1S/C39H33N3O2S/c1-28-35(25-26-38(40-28)45(43,44)32-19-11-6-12-20-32)42-36-22-14-13-21-33(36)39(2,3)34-27-31(23-24-37(34)42)41(29-15-7-4-8-16-29)30-17-9-5-10-18-30/h4-27H,1-3H3. The van der Waals surface area contributed by atoms with Crippen LogP contribution in [0.1, 0.15) is 30.7 Å². The zero-order valence-electron chi connectivity index (χ0n) is 25.4. The van der Waals surface area contributed by atoms with Crippen LogP contribution in [0.15, 0.2) is 156 Å². The Morgan fingerprint density at radius 2 is 1.11 bits per heavy atom. The number of fused-ring (bicyclic) bond motifs is 2. The first-order valence-corrected chi connectivity index (χ1v) is 16.5. The Bertz CT molecular complexity index is 2070. The average Bonchev–Trinajstić information content (AvgIpc) is 3.07. The van der Waals surface area contributed by atoms with Crippen molar-refractivity contribution < 1.29 is 8.42 Å². The van der Waals surface area contributed by atoms with Crippen LogP contribution >= 0.6 is 0 Å². The Labute approximate surface area is 265 Å². The van der Waals surface area contributed by atoms with Gasteiger partial charge in [-0.3, -0.25) is 0 Å². The fraction of sp³-hybridized carbons (Fsp3) is 0.103. The minimum Gasteiger partial charge on any atom is -0.310 e. The van der Waals surface area contributed by atoms with Crippen molar-refractivity contribution in [1.82, 2.24) is 4.98 Å². The monoisotopic (exact) mass is 607 g/mol. The molecule has 0 unspecified atom stereocenters. The van der Waals surface area contributed by atoms with Gasteiger partial charge in [0, 0.05) is 22.5 Å². The minimum absolute atomic E-state index is 0.0394. The number of pyridine rings is 1. The summed E-state index contributed by atoms with van der Waals surface area (Å²) in [6, 6.07) is 47.8. The molecule has 5 aromatic carbocycles. The first-order valence-electron chi connectivity index (χ1n) is 15.0. The summed E-state index contributed by atoms with van der Waals surface area (Å²) in [5.74, 6) is 0. The van der Waals surface area contributed by atoms with Crippen molar-refractivity contribution in [3.63, 3.8) is 0 Å². The van der Waals surface area contributed by atoms with Gasteiger partial charge in [0.15, 0.2) is 5.03 Å². The molecule has 5 nitrogen and oxygen atoms in total. The van der Waals surface area contributed by atoms with Crippen LogP contribution in [-0.4, -0.2) is 13.4 Å². The number of hydrogen-bond donors (Lipinski definition) is 0. The molecule has 0 saturated heterocycles. The topological polar surface area (TPSA) is 53.5 Å². The highest BCUT2D eigenvalue weighted by Gasteiger charge is 2.38. The molecule has 6 aromatic rings. The molecule has 222 valence electrons. The number of benzene rings is 5. The summed E-state index contributed by atoms with van der Waals surface area (Å²) in [5, 5.41) is 0.0394. The molecule has 0 radical (unpaired) electrons. The minimum atomic E-state index is -3.75. The molecule has 0 amide bonds. The van der Waals surface area contributed by atoms with Gasteiger partial charge in [0.2, 0.25) is 9.84 Å². The van der Waals surface area contributed by atoms with E-state index in [-0.39, 0.29) is 15.3 Å². The molecule has 1 aliphatic heterocycles. The number of rotatable bonds is 6. The smallest absolute Gasteiger partial charge is 0.223 e. The lowest BCUT2D eigenvalue weighted by molar-refractivity contribution is 0.592. The molecule has 1 aliphatic rings. The van der Waals surface area contributed by atoms with Gasteiger partial charge in [-0.25, -0.2) is 13.4 Å². The van der Waals surface area contributed by atoms with E-state index in [1.54, 1.807) is 36.4 Å². The predicted molar refractivity (Wildman–Crippen MR) is 182 cm³/mol. The summed E-state index contributed by atoms with van der Waals surface area (Å²) >= 11 is 0. The summed E-state index contributed by atoms with van der Waals surface area (Å²) in [4.78, 5) is 9.39. The summed E-state index contributed by atoms with van der Waals surface area (Å²) in [6.07, 6.45) is 0. The predicted octanol–water partition coefficient (Wildman–Crippen LogP) is 9.80. The van der Waals surface area contributed by atoms with Crippen LogP contribution in [0.2, 0.25) is 0 Å². The van der Waals surface area contributed by atoms with E-state index in [1.165, 1.54) is 5.56 Å². The summed E-state index contributed by atoms with van der Waals surface area (Å²) in [5.41, 5.74) is 8.79. The highest BCUT2D eigenvalue weighted by Crippen LogP contribution is 2.53. The lowest BCUT2D eigenvalue weighted by atomic mass is 9.73. The van der Waals surface area contributed by atoms with Crippen LogP contribution < -0.4 is 9.80 Å². The molecule has 45 heavy (non-hydrogen) atoms. The van der Waals surface area contributed by atoms with Crippen molar-refractivity contribution in [2.75, 3.05) is 9.80 Å². The number of aromatic nitrogens is 1. The van der Waals surface area contributed by atoms with Gasteiger partial charge in [0.25, 0.3) is 0 Å². The molecule has 0 saturated carbocycles. The number of anilines is 6. The van der Waals surface area contributed by atoms with Crippen LogP contribution in [-0.2, 0) is 15.3 Å². The van der Waals surface area contributed by atoms with E-state index >= 15 is 0 Å². The van der Waals surface area contributed by atoms with Crippen molar-refractivity contribution in [1.29, 1.82) is 0 Å². The van der Waals surface area contributed by atoms with Crippen LogP contribution in [0.3, 0.4) is 0 Å². The van der Waals surface area contributed by atoms with E-state index in [4.69, 9.17) is 0 Å². The van der Waals surface area contributed by atoms with Gasteiger partial charge < -0.3 is 9.80 Å². The van der Waals surface area contributed by atoms with Gasteiger partial charge in [0.05, 0.1) is 27.7 Å². The highest BCUT2D eigenvalue weighted by atomic mass is 32.2. The van der Waals surface area contributed by atoms with Gasteiger partial charge >= 0.3 is 0 Å². The zero-order valence-corrected chi connectivity index (χ0v) is 26.2. The summed E-state index contributed by atoms with van der Waals surface area (Å²) < 4.78 is 26.8. The maximum atomic E-state index is 13.4. The molecule has 0 atom stereocenters. The SMILES string of the molecule is Cc1nc(S(=O)(=O)c2ccccc2)ccc1N1c2ccccc2C(C)(C)c2cc(N(c3ccccc3)c3ccccc3)ccc21. The fourth-order valence-electron chi connectivity index (χ4n) is 6.33. The normalized spacial score (nSPS) is 13.5. The van der Waals surface area contributed by atoms with Crippen molar-refractivity contribution >= 4 is 44.0 Å². The molecule has 1 aromatic heterocycles. The van der Waals surface area contributed by atoms with Crippen molar-refractivity contribution in [2.45, 2.75) is 36.1 Å². The second kappa shape index (κ2) is 11.1. The Hall–Kier alpha value is -5.20. The Balaban J connectivity index is 1.40. The molecular formula is C39H33N3O2S. The molecule has 0 N–H and O–H groups in total. The summed E-state index contributed by atoms with van der Waals surface area (Å²) in [7, 11) is -3.75. The van der Waals surface area contributed by atoms with Crippen LogP contribution in [0.25, 0.3) is 0 Å². The lowest BCUT2D eigenvalue weighted by Gasteiger charge is -2.43. The average molecular weight is 608 g/mol. The Morgan fingerprint density at radius 3 is 1.73 bits per heavy atom.